The highest BCUT2D eigenvalue weighted by Crippen LogP contribution is 2.29. The zero-order valence-electron chi connectivity index (χ0n) is 21.0. The fourth-order valence-electron chi connectivity index (χ4n) is 3.35. The van der Waals surface area contributed by atoms with Gasteiger partial charge in [-0.3, -0.25) is 4.99 Å². The molecule has 0 radical (unpaired) electrons. The molecule has 3 atom stereocenters. The zero-order chi connectivity index (χ0) is 27.2. The number of esters is 1. The van der Waals surface area contributed by atoms with Crippen LogP contribution in [0.25, 0.3) is 0 Å². The molecule has 0 aliphatic rings. The molecule has 5 nitrogen and oxygen atoms in total. The first kappa shape index (κ1) is 28.3. The van der Waals surface area contributed by atoms with Gasteiger partial charge in [-0.05, 0) is 39.3 Å². The van der Waals surface area contributed by atoms with E-state index in [-0.39, 0.29) is 11.5 Å². The lowest BCUT2D eigenvalue weighted by molar-refractivity contribution is -0.165. The standard InChI is InChI=1S/C28H29F3N2O3S/c1-19-13-11-12-18-22(19)36-26(34)24(25(28(29,30)31)33-37(35)27(2,3)4)32-23(20-14-7-5-8-15-20)21-16-9-6-10-17-21/h5-18,24-25,33H,1-4H3/t24-,25-,37?/m0/s1. The molecule has 9 heteroatoms. The summed E-state index contributed by atoms with van der Waals surface area (Å²) < 4.78 is 62.8. The quantitative estimate of drug-likeness (QED) is 0.228. The summed E-state index contributed by atoms with van der Waals surface area (Å²) in [6, 6.07) is 19.0. The van der Waals surface area contributed by atoms with E-state index in [9.17, 15) is 22.2 Å². The molecule has 1 N–H and O–H groups in total. The average molecular weight is 531 g/mol. The molecule has 37 heavy (non-hydrogen) atoms. The number of ether oxygens (including phenoxy) is 1. The molecule has 0 aliphatic heterocycles. The molecule has 0 saturated carbocycles. The number of carbonyl (C=O) groups excluding carboxylic acids is 1. The number of carbonyl (C=O) groups is 1. The fraction of sp³-hybridized carbons (Fsp3) is 0.286. The van der Waals surface area contributed by atoms with Crippen molar-refractivity contribution in [3.8, 4) is 5.75 Å². The van der Waals surface area contributed by atoms with E-state index in [2.05, 4.69) is 9.71 Å². The third kappa shape index (κ3) is 7.60. The minimum atomic E-state index is -4.97. The monoisotopic (exact) mass is 530 g/mol. The van der Waals surface area contributed by atoms with Gasteiger partial charge in [0.15, 0.2) is 6.04 Å². The van der Waals surface area contributed by atoms with Gasteiger partial charge in [-0.15, -0.1) is 0 Å². The maximum atomic E-state index is 14.5. The minimum absolute atomic E-state index is 0.117. The van der Waals surface area contributed by atoms with Crippen LogP contribution in [0.3, 0.4) is 0 Å². The number of benzene rings is 3. The van der Waals surface area contributed by atoms with E-state index in [1.54, 1.807) is 85.8 Å². The van der Waals surface area contributed by atoms with Crippen LogP contribution in [0.2, 0.25) is 0 Å². The summed E-state index contributed by atoms with van der Waals surface area (Å²) in [5.74, 6) is -1.11. The summed E-state index contributed by atoms with van der Waals surface area (Å²) in [5.41, 5.74) is 1.77. The highest BCUT2D eigenvalue weighted by atomic mass is 32.2. The number of para-hydroxylation sites is 1. The number of hydrogen-bond donors (Lipinski definition) is 1. The smallest absolute Gasteiger partial charge is 0.407 e. The van der Waals surface area contributed by atoms with E-state index in [1.807, 2.05) is 0 Å². The molecule has 0 fully saturated rings. The summed E-state index contributed by atoms with van der Waals surface area (Å²) in [7, 11) is -2.15. The van der Waals surface area contributed by atoms with Gasteiger partial charge in [0.05, 0.1) is 21.4 Å². The predicted octanol–water partition coefficient (Wildman–Crippen LogP) is 5.79. The van der Waals surface area contributed by atoms with Gasteiger partial charge in [0.2, 0.25) is 0 Å². The van der Waals surface area contributed by atoms with Gasteiger partial charge >= 0.3 is 12.1 Å². The summed E-state index contributed by atoms with van der Waals surface area (Å²) in [6.07, 6.45) is -4.97. The molecule has 3 rings (SSSR count). The van der Waals surface area contributed by atoms with E-state index in [1.165, 1.54) is 26.8 Å². The van der Waals surface area contributed by atoms with E-state index in [4.69, 9.17) is 4.74 Å². The maximum Gasteiger partial charge on any atom is 0.407 e. The van der Waals surface area contributed by atoms with E-state index < -0.39 is 40.0 Å². The van der Waals surface area contributed by atoms with Crippen LogP contribution < -0.4 is 9.46 Å². The van der Waals surface area contributed by atoms with Gasteiger partial charge in [-0.25, -0.2) is 13.7 Å². The van der Waals surface area contributed by atoms with Crippen LogP contribution in [0.4, 0.5) is 13.2 Å². The van der Waals surface area contributed by atoms with Crippen molar-refractivity contribution < 1.29 is 26.9 Å². The first-order valence-electron chi connectivity index (χ1n) is 11.6. The number of hydrogen-bond acceptors (Lipinski definition) is 4. The van der Waals surface area contributed by atoms with Crippen LogP contribution in [0.1, 0.15) is 37.5 Å². The van der Waals surface area contributed by atoms with Gasteiger partial charge in [0.25, 0.3) is 0 Å². The third-order valence-corrected chi connectivity index (χ3v) is 6.95. The Labute approximate surface area is 217 Å². The molecule has 0 aliphatic carbocycles. The summed E-state index contributed by atoms with van der Waals surface area (Å²) in [5, 5.41) is 0. The Balaban J connectivity index is 2.20. The third-order valence-electron chi connectivity index (χ3n) is 5.37. The second-order valence-corrected chi connectivity index (χ2v) is 11.4. The molecule has 0 amide bonds. The largest absolute Gasteiger partial charge is 0.425 e. The number of halogens is 3. The molecule has 0 heterocycles. The van der Waals surface area contributed by atoms with E-state index in [0.29, 0.717) is 16.7 Å². The second-order valence-electron chi connectivity index (χ2n) is 9.36. The van der Waals surface area contributed by atoms with Crippen LogP contribution in [0, 0.1) is 6.92 Å². The Morgan fingerprint density at radius 2 is 1.35 bits per heavy atom. The maximum absolute atomic E-state index is 14.5. The van der Waals surface area contributed by atoms with Crippen molar-refractivity contribution in [2.45, 2.75) is 50.7 Å². The highest BCUT2D eigenvalue weighted by molar-refractivity contribution is 7.84. The van der Waals surface area contributed by atoms with E-state index >= 15 is 0 Å². The molecule has 3 aromatic rings. The highest BCUT2D eigenvalue weighted by Gasteiger charge is 2.50. The Hall–Kier alpha value is -3.30. The van der Waals surface area contributed by atoms with Gasteiger partial charge in [-0.1, -0.05) is 78.9 Å². The van der Waals surface area contributed by atoms with Crippen molar-refractivity contribution in [3.63, 3.8) is 0 Å². The zero-order valence-corrected chi connectivity index (χ0v) is 21.8. The number of aryl methyl sites for hydroxylation is 1. The van der Waals surface area contributed by atoms with Gasteiger partial charge < -0.3 is 4.74 Å². The van der Waals surface area contributed by atoms with Gasteiger partial charge in [-0.2, -0.15) is 13.2 Å². The number of alkyl halides is 3. The first-order valence-corrected chi connectivity index (χ1v) is 12.7. The van der Waals surface area contributed by atoms with Crippen LogP contribution in [0.15, 0.2) is 89.9 Å². The Bertz CT molecular complexity index is 1220. The molecule has 1 unspecified atom stereocenters. The summed E-state index contributed by atoms with van der Waals surface area (Å²) in [6.45, 7) is 6.28. The minimum Gasteiger partial charge on any atom is -0.425 e. The molecule has 0 spiro atoms. The van der Waals surface area contributed by atoms with Crippen molar-refractivity contribution in [3.05, 3.63) is 102 Å². The fourth-order valence-corrected chi connectivity index (χ4v) is 4.20. The van der Waals surface area contributed by atoms with Crippen molar-refractivity contribution >= 4 is 22.7 Å². The molecule has 196 valence electrons. The number of aliphatic imine (C=N–C) groups is 1. The number of rotatable bonds is 8. The van der Waals surface area contributed by atoms with Crippen LogP contribution in [0.5, 0.6) is 5.75 Å². The number of nitrogens with zero attached hydrogens (tertiary/aromatic N) is 1. The number of nitrogens with one attached hydrogen (secondary N) is 1. The lowest BCUT2D eigenvalue weighted by Gasteiger charge is -2.29. The van der Waals surface area contributed by atoms with Crippen molar-refractivity contribution in [1.29, 1.82) is 0 Å². The summed E-state index contributed by atoms with van der Waals surface area (Å²) >= 11 is 0. The lowest BCUT2D eigenvalue weighted by atomic mass is 10.0. The van der Waals surface area contributed by atoms with Gasteiger partial charge in [0, 0.05) is 11.1 Å². The van der Waals surface area contributed by atoms with Crippen molar-refractivity contribution in [2.24, 2.45) is 4.99 Å². The van der Waals surface area contributed by atoms with Crippen LogP contribution >= 0.6 is 0 Å². The predicted molar refractivity (Wildman–Crippen MR) is 140 cm³/mol. The molecule has 0 aromatic heterocycles. The first-order chi connectivity index (χ1) is 17.4. The Morgan fingerprint density at radius 1 is 0.865 bits per heavy atom. The van der Waals surface area contributed by atoms with Crippen molar-refractivity contribution in [1.82, 2.24) is 4.72 Å². The van der Waals surface area contributed by atoms with Crippen LogP contribution in [-0.2, 0) is 15.8 Å². The molecule has 0 saturated heterocycles. The molecule has 3 aromatic carbocycles. The molecule has 0 bridgehead atoms. The Kier molecular flexibility index (Phi) is 9.04. The van der Waals surface area contributed by atoms with Crippen molar-refractivity contribution in [2.75, 3.05) is 0 Å². The average Bonchev–Trinajstić information content (AvgIpc) is 2.84. The second kappa shape index (κ2) is 11.8. The summed E-state index contributed by atoms with van der Waals surface area (Å²) in [4.78, 5) is 17.8. The Morgan fingerprint density at radius 3 is 1.81 bits per heavy atom. The van der Waals surface area contributed by atoms with E-state index in [0.717, 1.165) is 0 Å². The molecular weight excluding hydrogens is 501 g/mol. The lowest BCUT2D eigenvalue weighted by Crippen LogP contribution is -2.56. The normalized spacial score (nSPS) is 14.4. The van der Waals surface area contributed by atoms with Gasteiger partial charge in [0.1, 0.15) is 11.8 Å². The molecular formula is C28H29F3N2O3S. The topological polar surface area (TPSA) is 67.8 Å². The SMILES string of the molecule is Cc1ccccc1OC(=O)[C@@H](N=C(c1ccccc1)c1ccccc1)[C@H](NS(=O)C(C)(C)C)C(F)(F)F. The van der Waals surface area contributed by atoms with Crippen LogP contribution in [-0.4, -0.2) is 38.9 Å².